The second-order valence-corrected chi connectivity index (χ2v) is 8.58. The molecular formula is C29H40O4. The highest BCUT2D eigenvalue weighted by Crippen LogP contribution is 2.20. The van der Waals surface area contributed by atoms with E-state index in [2.05, 4.69) is 20.8 Å². The average molecular weight is 453 g/mol. The number of esters is 1. The standard InChI is InChI=1S/C29H40O4/c1-4-6-7-8-11-22-31-26-16-14-25(15-17-26)29(30)33-28-20-18-27(19-21-28)32-23-12-9-10-13-24(3)5-2/h11,14-22,24H,4-10,12-13,23H2,1-3H3. The molecule has 1 unspecified atom stereocenters. The van der Waals surface area contributed by atoms with Gasteiger partial charge in [-0.15, -0.1) is 0 Å². The maximum Gasteiger partial charge on any atom is 0.343 e. The van der Waals surface area contributed by atoms with Gasteiger partial charge in [0.2, 0.25) is 0 Å². The Morgan fingerprint density at radius 1 is 0.848 bits per heavy atom. The maximum atomic E-state index is 12.4. The van der Waals surface area contributed by atoms with Crippen LogP contribution in [0.1, 0.15) is 88.9 Å². The summed E-state index contributed by atoms with van der Waals surface area (Å²) in [6.45, 7) is 7.45. The van der Waals surface area contributed by atoms with Crippen LogP contribution in [0.25, 0.3) is 0 Å². The van der Waals surface area contributed by atoms with E-state index in [1.807, 2.05) is 18.2 Å². The summed E-state index contributed by atoms with van der Waals surface area (Å²) in [5, 5.41) is 0. The average Bonchev–Trinajstić information content (AvgIpc) is 2.84. The molecule has 2 rings (SSSR count). The van der Waals surface area contributed by atoms with E-state index in [0.29, 0.717) is 23.7 Å². The van der Waals surface area contributed by atoms with Crippen LogP contribution in [0.3, 0.4) is 0 Å². The molecule has 0 aromatic heterocycles. The molecule has 33 heavy (non-hydrogen) atoms. The molecule has 1 atom stereocenters. The summed E-state index contributed by atoms with van der Waals surface area (Å²) in [5.74, 6) is 2.40. The van der Waals surface area contributed by atoms with Crippen LogP contribution in [-0.4, -0.2) is 12.6 Å². The van der Waals surface area contributed by atoms with Crippen LogP contribution < -0.4 is 14.2 Å². The van der Waals surface area contributed by atoms with Crippen molar-refractivity contribution in [2.24, 2.45) is 5.92 Å². The molecule has 0 aliphatic carbocycles. The van der Waals surface area contributed by atoms with Gasteiger partial charge in [0.25, 0.3) is 0 Å². The summed E-state index contributed by atoms with van der Waals surface area (Å²) < 4.78 is 16.8. The number of carbonyl (C=O) groups is 1. The lowest BCUT2D eigenvalue weighted by Crippen LogP contribution is -2.08. The van der Waals surface area contributed by atoms with E-state index in [4.69, 9.17) is 14.2 Å². The third kappa shape index (κ3) is 11.1. The number of benzene rings is 2. The minimum absolute atomic E-state index is 0.397. The van der Waals surface area contributed by atoms with Crippen LogP contribution in [-0.2, 0) is 0 Å². The van der Waals surface area contributed by atoms with E-state index in [9.17, 15) is 4.79 Å². The largest absolute Gasteiger partial charge is 0.494 e. The third-order valence-electron chi connectivity index (χ3n) is 5.71. The molecule has 4 nitrogen and oxygen atoms in total. The van der Waals surface area contributed by atoms with Crippen molar-refractivity contribution in [2.75, 3.05) is 6.61 Å². The lowest BCUT2D eigenvalue weighted by molar-refractivity contribution is 0.0734. The van der Waals surface area contributed by atoms with Gasteiger partial charge in [0.15, 0.2) is 0 Å². The van der Waals surface area contributed by atoms with Crippen molar-refractivity contribution in [3.63, 3.8) is 0 Å². The number of ether oxygens (including phenoxy) is 3. The Morgan fingerprint density at radius 3 is 2.24 bits per heavy atom. The molecule has 0 radical (unpaired) electrons. The van der Waals surface area contributed by atoms with E-state index in [1.54, 1.807) is 42.7 Å². The predicted molar refractivity (Wildman–Crippen MR) is 135 cm³/mol. The number of rotatable bonds is 16. The summed E-state index contributed by atoms with van der Waals surface area (Å²) in [4.78, 5) is 12.4. The van der Waals surface area contributed by atoms with Gasteiger partial charge in [-0.3, -0.25) is 0 Å². The van der Waals surface area contributed by atoms with Crippen LogP contribution in [0.15, 0.2) is 60.9 Å². The Balaban J connectivity index is 1.70. The number of hydrogen-bond donors (Lipinski definition) is 0. The van der Waals surface area contributed by atoms with Crippen LogP contribution in [0.2, 0.25) is 0 Å². The number of allylic oxidation sites excluding steroid dienone is 1. The first-order valence-corrected chi connectivity index (χ1v) is 12.5. The quantitative estimate of drug-likeness (QED) is 0.111. The lowest BCUT2D eigenvalue weighted by Gasteiger charge is -2.09. The molecule has 0 spiro atoms. The van der Waals surface area contributed by atoms with Gasteiger partial charge in [0, 0.05) is 0 Å². The lowest BCUT2D eigenvalue weighted by atomic mass is 10.0. The first-order valence-electron chi connectivity index (χ1n) is 12.5. The van der Waals surface area contributed by atoms with Gasteiger partial charge in [-0.2, -0.15) is 0 Å². The molecule has 2 aromatic carbocycles. The van der Waals surface area contributed by atoms with Gasteiger partial charge < -0.3 is 14.2 Å². The third-order valence-corrected chi connectivity index (χ3v) is 5.71. The smallest absolute Gasteiger partial charge is 0.343 e. The minimum atomic E-state index is -0.397. The monoisotopic (exact) mass is 452 g/mol. The second kappa shape index (κ2) is 16.0. The minimum Gasteiger partial charge on any atom is -0.494 e. The zero-order valence-electron chi connectivity index (χ0n) is 20.6. The Morgan fingerprint density at radius 2 is 1.55 bits per heavy atom. The predicted octanol–water partition coefficient (Wildman–Crippen LogP) is 8.36. The van der Waals surface area contributed by atoms with E-state index >= 15 is 0 Å². The zero-order chi connectivity index (χ0) is 23.7. The molecule has 180 valence electrons. The summed E-state index contributed by atoms with van der Waals surface area (Å²) in [5.41, 5.74) is 0.479. The topological polar surface area (TPSA) is 44.8 Å². The first kappa shape index (κ1) is 26.5. The maximum absolute atomic E-state index is 12.4. The molecule has 0 saturated carbocycles. The molecule has 0 N–H and O–H groups in total. The molecule has 0 aliphatic heterocycles. The SMILES string of the molecule is CCCCCC=COc1ccc(C(=O)Oc2ccc(OCCCCCC(C)CC)cc2)cc1. The van der Waals surface area contributed by atoms with Gasteiger partial charge in [0.05, 0.1) is 18.4 Å². The van der Waals surface area contributed by atoms with Gasteiger partial charge in [-0.1, -0.05) is 59.3 Å². The van der Waals surface area contributed by atoms with Crippen molar-refractivity contribution in [1.82, 2.24) is 0 Å². The van der Waals surface area contributed by atoms with Gasteiger partial charge in [0.1, 0.15) is 17.2 Å². The Labute approximate surface area is 200 Å². The highest BCUT2D eigenvalue weighted by atomic mass is 16.5. The van der Waals surface area contributed by atoms with E-state index in [1.165, 1.54) is 44.9 Å². The number of unbranched alkanes of at least 4 members (excludes halogenated alkanes) is 5. The summed E-state index contributed by atoms with van der Waals surface area (Å²) >= 11 is 0. The van der Waals surface area contributed by atoms with Crippen molar-refractivity contribution in [1.29, 1.82) is 0 Å². The Bertz CT molecular complexity index is 809. The highest BCUT2D eigenvalue weighted by molar-refractivity contribution is 5.91. The fourth-order valence-corrected chi connectivity index (χ4v) is 3.31. The molecule has 2 aromatic rings. The van der Waals surface area contributed by atoms with Gasteiger partial charge >= 0.3 is 5.97 Å². The normalized spacial score (nSPS) is 12.0. The summed E-state index contributed by atoms with van der Waals surface area (Å²) in [6, 6.07) is 14.2. The second-order valence-electron chi connectivity index (χ2n) is 8.58. The summed E-state index contributed by atoms with van der Waals surface area (Å²) in [7, 11) is 0. The molecule has 0 saturated heterocycles. The molecule has 0 fully saturated rings. The van der Waals surface area contributed by atoms with E-state index in [-0.39, 0.29) is 0 Å². The zero-order valence-corrected chi connectivity index (χ0v) is 20.6. The Kier molecular flexibility index (Phi) is 12.8. The van der Waals surface area contributed by atoms with Crippen molar-refractivity contribution in [3.05, 3.63) is 66.4 Å². The number of carbonyl (C=O) groups excluding carboxylic acids is 1. The fourth-order valence-electron chi connectivity index (χ4n) is 3.31. The first-order chi connectivity index (χ1) is 16.1. The van der Waals surface area contributed by atoms with Crippen LogP contribution in [0, 0.1) is 5.92 Å². The molecule has 0 bridgehead atoms. The molecule has 4 heteroatoms. The molecular weight excluding hydrogens is 412 g/mol. The fraction of sp³-hybridized carbons (Fsp3) is 0.483. The Hall–Kier alpha value is -2.75. The van der Waals surface area contributed by atoms with Gasteiger partial charge in [-0.05, 0) is 79.8 Å². The van der Waals surface area contributed by atoms with E-state index in [0.717, 1.165) is 24.5 Å². The van der Waals surface area contributed by atoms with Crippen LogP contribution in [0.5, 0.6) is 17.2 Å². The van der Waals surface area contributed by atoms with Crippen LogP contribution >= 0.6 is 0 Å². The molecule has 0 heterocycles. The van der Waals surface area contributed by atoms with Crippen molar-refractivity contribution < 1.29 is 19.0 Å². The summed E-state index contributed by atoms with van der Waals surface area (Å²) in [6.07, 6.45) is 14.4. The molecule has 0 aliphatic rings. The van der Waals surface area contributed by atoms with Crippen molar-refractivity contribution in [2.45, 2.75) is 78.6 Å². The van der Waals surface area contributed by atoms with E-state index < -0.39 is 5.97 Å². The van der Waals surface area contributed by atoms with Crippen LogP contribution in [0.4, 0.5) is 0 Å². The van der Waals surface area contributed by atoms with Crippen molar-refractivity contribution >= 4 is 5.97 Å². The van der Waals surface area contributed by atoms with Crippen molar-refractivity contribution in [3.8, 4) is 17.2 Å². The number of hydrogen-bond acceptors (Lipinski definition) is 4. The molecule has 0 amide bonds. The van der Waals surface area contributed by atoms with Gasteiger partial charge in [-0.25, -0.2) is 4.79 Å². The highest BCUT2D eigenvalue weighted by Gasteiger charge is 2.09.